The van der Waals surface area contributed by atoms with Crippen molar-refractivity contribution in [1.82, 2.24) is 5.32 Å². The van der Waals surface area contributed by atoms with Crippen molar-refractivity contribution in [2.75, 3.05) is 0 Å². The molecular weight excluding hydrogens is 180 g/mol. The van der Waals surface area contributed by atoms with Crippen LogP contribution in [0.15, 0.2) is 0 Å². The Hall–Kier alpha value is -0.610. The average Bonchev–Trinajstić information content (AvgIpc) is 2.62. The van der Waals surface area contributed by atoms with Gasteiger partial charge in [-0.15, -0.1) is 0 Å². The van der Waals surface area contributed by atoms with Crippen LogP contribution < -0.4 is 11.1 Å². The minimum Gasteiger partial charge on any atom is -0.373 e. The van der Waals surface area contributed by atoms with E-state index in [1.54, 1.807) is 0 Å². The predicted molar refractivity (Wildman–Crippen MR) is 52.7 cm³/mol. The van der Waals surface area contributed by atoms with Crippen LogP contribution in [0.3, 0.4) is 0 Å². The third-order valence-electron chi connectivity index (χ3n) is 2.96. The molecule has 0 aliphatic carbocycles. The molecule has 14 heavy (non-hydrogen) atoms. The normalized spacial score (nSPS) is 37.1. The molecule has 0 spiro atoms. The van der Waals surface area contributed by atoms with E-state index in [2.05, 4.69) is 5.32 Å². The fraction of sp³-hybridized carbons (Fsp3) is 0.900. The molecule has 2 aliphatic rings. The monoisotopic (exact) mass is 198 g/mol. The predicted octanol–water partition coefficient (Wildman–Crippen LogP) is 0.160. The Morgan fingerprint density at radius 3 is 2.93 bits per heavy atom. The van der Waals surface area contributed by atoms with Gasteiger partial charge in [0.15, 0.2) is 0 Å². The van der Waals surface area contributed by atoms with E-state index in [4.69, 9.17) is 10.5 Å². The number of carbonyl (C=O) groups is 1. The number of nitrogens with one attached hydrogen (secondary N) is 1. The zero-order valence-corrected chi connectivity index (χ0v) is 8.53. The van der Waals surface area contributed by atoms with Crippen molar-refractivity contribution in [2.45, 2.75) is 56.9 Å². The molecule has 0 aromatic carbocycles. The fourth-order valence-corrected chi connectivity index (χ4v) is 2.35. The average molecular weight is 198 g/mol. The zero-order chi connectivity index (χ0) is 10.1. The number of amides is 1. The van der Waals surface area contributed by atoms with E-state index in [-0.39, 0.29) is 24.1 Å². The lowest BCUT2D eigenvalue weighted by molar-refractivity contribution is -0.122. The number of rotatable bonds is 3. The van der Waals surface area contributed by atoms with Gasteiger partial charge in [0.05, 0.1) is 18.2 Å². The first-order valence-corrected chi connectivity index (χ1v) is 5.35. The summed E-state index contributed by atoms with van der Waals surface area (Å²) in [6.45, 7) is 1.84. The Labute approximate surface area is 84.2 Å². The van der Waals surface area contributed by atoms with E-state index in [0.29, 0.717) is 12.5 Å². The molecule has 1 amide bonds. The molecule has 3 N–H and O–H groups in total. The van der Waals surface area contributed by atoms with Crippen LogP contribution in [0.25, 0.3) is 0 Å². The SMILES string of the molecule is CC(N)CC(=O)NC1CC2CCC1O2. The minimum atomic E-state index is -0.0606. The molecular formula is C10H18N2O2. The second kappa shape index (κ2) is 3.87. The Bertz CT molecular complexity index is 230. The first-order valence-electron chi connectivity index (χ1n) is 5.35. The summed E-state index contributed by atoms with van der Waals surface area (Å²) >= 11 is 0. The molecule has 4 heteroatoms. The quantitative estimate of drug-likeness (QED) is 0.679. The minimum absolute atomic E-state index is 0.0566. The fourth-order valence-electron chi connectivity index (χ4n) is 2.35. The van der Waals surface area contributed by atoms with Crippen molar-refractivity contribution in [3.63, 3.8) is 0 Å². The van der Waals surface area contributed by atoms with Crippen molar-refractivity contribution in [3.05, 3.63) is 0 Å². The summed E-state index contributed by atoms with van der Waals surface area (Å²) < 4.78 is 5.64. The van der Waals surface area contributed by atoms with Gasteiger partial charge in [-0.3, -0.25) is 4.79 Å². The maximum absolute atomic E-state index is 11.4. The first kappa shape index (κ1) is 9.93. The van der Waals surface area contributed by atoms with Crippen LogP contribution in [0, 0.1) is 0 Å². The van der Waals surface area contributed by atoms with E-state index in [1.807, 2.05) is 6.92 Å². The van der Waals surface area contributed by atoms with Crippen molar-refractivity contribution >= 4 is 5.91 Å². The lowest BCUT2D eigenvalue weighted by Gasteiger charge is -2.20. The Morgan fingerprint density at radius 2 is 2.43 bits per heavy atom. The Morgan fingerprint density at radius 1 is 1.64 bits per heavy atom. The molecule has 2 heterocycles. The number of hydrogen-bond donors (Lipinski definition) is 2. The summed E-state index contributed by atoms with van der Waals surface area (Å²) in [7, 11) is 0. The van der Waals surface area contributed by atoms with E-state index >= 15 is 0 Å². The van der Waals surface area contributed by atoms with Crippen molar-refractivity contribution in [2.24, 2.45) is 5.73 Å². The molecule has 0 aromatic heterocycles. The van der Waals surface area contributed by atoms with Crippen molar-refractivity contribution < 1.29 is 9.53 Å². The molecule has 0 aromatic rings. The van der Waals surface area contributed by atoms with E-state index < -0.39 is 0 Å². The lowest BCUT2D eigenvalue weighted by Crippen LogP contribution is -2.42. The van der Waals surface area contributed by atoms with Gasteiger partial charge in [0.25, 0.3) is 0 Å². The van der Waals surface area contributed by atoms with Gasteiger partial charge in [0.2, 0.25) is 5.91 Å². The Kier molecular flexibility index (Phi) is 2.74. The number of hydrogen-bond acceptors (Lipinski definition) is 3. The zero-order valence-electron chi connectivity index (χ0n) is 8.53. The third kappa shape index (κ3) is 2.07. The molecule has 0 radical (unpaired) electrons. The van der Waals surface area contributed by atoms with Crippen LogP contribution in [0.4, 0.5) is 0 Å². The molecule has 0 saturated carbocycles. The van der Waals surface area contributed by atoms with Crippen LogP contribution >= 0.6 is 0 Å². The maximum Gasteiger partial charge on any atom is 0.221 e. The maximum atomic E-state index is 11.4. The summed E-state index contributed by atoms with van der Waals surface area (Å²) in [4.78, 5) is 11.4. The first-order chi connectivity index (χ1) is 6.65. The molecule has 4 unspecified atom stereocenters. The largest absolute Gasteiger partial charge is 0.373 e. The number of ether oxygens (including phenoxy) is 1. The molecule has 4 nitrogen and oxygen atoms in total. The smallest absolute Gasteiger partial charge is 0.221 e. The Balaban J connectivity index is 1.78. The number of fused-ring (bicyclic) bond motifs is 2. The highest BCUT2D eigenvalue weighted by atomic mass is 16.5. The van der Waals surface area contributed by atoms with Crippen LogP contribution in [-0.4, -0.2) is 30.2 Å². The second-order valence-corrected chi connectivity index (χ2v) is 4.47. The number of nitrogens with two attached hydrogens (primary N) is 1. The number of carbonyl (C=O) groups excluding carboxylic acids is 1. The third-order valence-corrected chi connectivity index (χ3v) is 2.96. The van der Waals surface area contributed by atoms with Crippen LogP contribution in [0.2, 0.25) is 0 Å². The summed E-state index contributed by atoms with van der Waals surface area (Å²) in [5.74, 6) is 0.0566. The van der Waals surface area contributed by atoms with Gasteiger partial charge in [-0.1, -0.05) is 0 Å². The topological polar surface area (TPSA) is 64.4 Å². The van der Waals surface area contributed by atoms with Gasteiger partial charge < -0.3 is 15.8 Å². The van der Waals surface area contributed by atoms with E-state index in [0.717, 1.165) is 19.3 Å². The van der Waals surface area contributed by atoms with Crippen molar-refractivity contribution in [1.29, 1.82) is 0 Å². The van der Waals surface area contributed by atoms with E-state index in [1.165, 1.54) is 0 Å². The molecule has 80 valence electrons. The van der Waals surface area contributed by atoms with Gasteiger partial charge in [-0.2, -0.15) is 0 Å². The van der Waals surface area contributed by atoms with Gasteiger partial charge in [0, 0.05) is 12.5 Å². The van der Waals surface area contributed by atoms with Crippen LogP contribution in [0.5, 0.6) is 0 Å². The van der Waals surface area contributed by atoms with E-state index in [9.17, 15) is 4.79 Å². The van der Waals surface area contributed by atoms with Crippen molar-refractivity contribution in [3.8, 4) is 0 Å². The summed E-state index contributed by atoms with van der Waals surface area (Å²) in [6, 6.07) is 0.175. The lowest BCUT2D eigenvalue weighted by atomic mass is 9.95. The summed E-state index contributed by atoms with van der Waals surface area (Å²) in [5, 5.41) is 3.00. The molecule has 2 fully saturated rings. The highest BCUT2D eigenvalue weighted by molar-refractivity contribution is 5.76. The summed E-state index contributed by atoms with van der Waals surface area (Å²) in [6.07, 6.45) is 4.29. The second-order valence-electron chi connectivity index (χ2n) is 4.47. The van der Waals surface area contributed by atoms with Crippen LogP contribution in [0.1, 0.15) is 32.6 Å². The molecule has 2 rings (SSSR count). The molecule has 2 aliphatic heterocycles. The standard InChI is InChI=1S/C10H18N2O2/c1-6(11)4-10(13)12-8-5-7-2-3-9(8)14-7/h6-9H,2-5,11H2,1H3,(H,12,13). The van der Waals surface area contributed by atoms with Gasteiger partial charge >= 0.3 is 0 Å². The molecule has 2 saturated heterocycles. The highest BCUT2D eigenvalue weighted by Crippen LogP contribution is 2.34. The van der Waals surface area contributed by atoms with Gasteiger partial charge in [-0.05, 0) is 26.2 Å². The van der Waals surface area contributed by atoms with Crippen LogP contribution in [-0.2, 0) is 9.53 Å². The highest BCUT2D eigenvalue weighted by Gasteiger charge is 2.41. The summed E-state index contributed by atoms with van der Waals surface area (Å²) in [5.41, 5.74) is 5.55. The van der Waals surface area contributed by atoms with Gasteiger partial charge in [0.1, 0.15) is 0 Å². The molecule has 2 bridgehead atoms. The molecule has 4 atom stereocenters. The van der Waals surface area contributed by atoms with Gasteiger partial charge in [-0.25, -0.2) is 0 Å².